The van der Waals surface area contributed by atoms with E-state index in [0.717, 1.165) is 30.4 Å². The smallest absolute Gasteiger partial charge is 0.211 e. The fraction of sp³-hybridized carbons (Fsp3) is 0.571. The summed E-state index contributed by atoms with van der Waals surface area (Å²) < 4.78 is 27.4. The van der Waals surface area contributed by atoms with E-state index in [4.69, 9.17) is 0 Å². The van der Waals surface area contributed by atoms with Crippen LogP contribution in [0.3, 0.4) is 0 Å². The standard InChI is InChI=1S/C14H20BrNO2S/c1-10-3-4-11(2)14(7-10)19(17,18)16-9-12-5-6-13(15)8-12/h3-4,7,12-13,16H,5-6,8-9H2,1-2H3. The van der Waals surface area contributed by atoms with Gasteiger partial charge >= 0.3 is 0 Å². The molecule has 19 heavy (non-hydrogen) atoms. The molecular formula is C14H20BrNO2S. The van der Waals surface area contributed by atoms with Crippen LogP contribution >= 0.6 is 15.9 Å². The second-order valence-electron chi connectivity index (χ2n) is 5.40. The zero-order valence-corrected chi connectivity index (χ0v) is 13.7. The second kappa shape index (κ2) is 5.94. The molecular weight excluding hydrogens is 326 g/mol. The lowest BCUT2D eigenvalue weighted by molar-refractivity contribution is 0.520. The van der Waals surface area contributed by atoms with Gasteiger partial charge in [-0.05, 0) is 56.2 Å². The summed E-state index contributed by atoms with van der Waals surface area (Å²) in [5.74, 6) is 0.448. The summed E-state index contributed by atoms with van der Waals surface area (Å²) in [6.07, 6.45) is 3.27. The number of halogens is 1. The third-order valence-corrected chi connectivity index (χ3v) is 6.07. The summed E-state index contributed by atoms with van der Waals surface area (Å²) in [6.45, 7) is 4.28. The molecule has 0 heterocycles. The predicted octanol–water partition coefficient (Wildman–Crippen LogP) is 3.15. The summed E-state index contributed by atoms with van der Waals surface area (Å²) in [5, 5.41) is 0. The van der Waals surface area contributed by atoms with Gasteiger partial charge in [-0.3, -0.25) is 0 Å². The Balaban J connectivity index is 2.08. The van der Waals surface area contributed by atoms with Gasteiger partial charge in [-0.2, -0.15) is 0 Å². The van der Waals surface area contributed by atoms with Crippen LogP contribution in [0.4, 0.5) is 0 Å². The second-order valence-corrected chi connectivity index (χ2v) is 8.43. The summed E-state index contributed by atoms with van der Waals surface area (Å²) >= 11 is 3.59. The Labute approximate surface area is 124 Å². The Kier molecular flexibility index (Phi) is 4.69. The number of aryl methyl sites for hydroxylation is 2. The van der Waals surface area contributed by atoms with E-state index < -0.39 is 10.0 Å². The minimum Gasteiger partial charge on any atom is -0.211 e. The first-order valence-corrected chi connectivity index (χ1v) is 8.99. The zero-order valence-electron chi connectivity index (χ0n) is 11.3. The van der Waals surface area contributed by atoms with Gasteiger partial charge in [-0.25, -0.2) is 13.1 Å². The van der Waals surface area contributed by atoms with Crippen LogP contribution in [-0.4, -0.2) is 19.8 Å². The molecule has 1 aromatic carbocycles. The normalized spacial score (nSPS) is 23.7. The molecule has 1 aliphatic carbocycles. The van der Waals surface area contributed by atoms with E-state index in [1.807, 2.05) is 26.0 Å². The molecule has 106 valence electrons. The molecule has 0 radical (unpaired) electrons. The van der Waals surface area contributed by atoms with Crippen molar-refractivity contribution in [1.29, 1.82) is 0 Å². The minimum atomic E-state index is -3.38. The molecule has 0 spiro atoms. The van der Waals surface area contributed by atoms with Crippen LogP contribution in [0.1, 0.15) is 30.4 Å². The van der Waals surface area contributed by atoms with Crippen molar-refractivity contribution in [2.24, 2.45) is 5.92 Å². The van der Waals surface area contributed by atoms with Crippen LogP contribution in [0.5, 0.6) is 0 Å². The lowest BCUT2D eigenvalue weighted by atomic mass is 10.1. The van der Waals surface area contributed by atoms with Crippen molar-refractivity contribution >= 4 is 26.0 Å². The van der Waals surface area contributed by atoms with Gasteiger partial charge in [0.1, 0.15) is 0 Å². The number of hydrogen-bond donors (Lipinski definition) is 1. The van der Waals surface area contributed by atoms with Crippen molar-refractivity contribution in [2.45, 2.75) is 42.8 Å². The number of sulfonamides is 1. The maximum atomic E-state index is 12.3. The number of rotatable bonds is 4. The number of alkyl halides is 1. The van der Waals surface area contributed by atoms with Gasteiger partial charge < -0.3 is 0 Å². The monoisotopic (exact) mass is 345 g/mol. The average Bonchev–Trinajstić information content (AvgIpc) is 2.76. The Morgan fingerprint density at radius 1 is 1.32 bits per heavy atom. The van der Waals surface area contributed by atoms with Crippen LogP contribution in [0, 0.1) is 19.8 Å². The molecule has 1 aromatic rings. The molecule has 0 saturated heterocycles. The molecule has 1 fully saturated rings. The van der Waals surface area contributed by atoms with Gasteiger partial charge in [0.25, 0.3) is 0 Å². The van der Waals surface area contributed by atoms with Crippen molar-refractivity contribution in [3.63, 3.8) is 0 Å². The predicted molar refractivity (Wildman–Crippen MR) is 81.2 cm³/mol. The van der Waals surface area contributed by atoms with E-state index >= 15 is 0 Å². The van der Waals surface area contributed by atoms with Crippen molar-refractivity contribution in [2.75, 3.05) is 6.54 Å². The summed E-state index contributed by atoms with van der Waals surface area (Å²) in [7, 11) is -3.38. The highest BCUT2D eigenvalue weighted by molar-refractivity contribution is 9.09. The molecule has 1 N–H and O–H groups in total. The van der Waals surface area contributed by atoms with Gasteiger partial charge in [0, 0.05) is 11.4 Å². The molecule has 0 bridgehead atoms. The highest BCUT2D eigenvalue weighted by Gasteiger charge is 2.25. The van der Waals surface area contributed by atoms with Crippen LogP contribution in [0.25, 0.3) is 0 Å². The Morgan fingerprint density at radius 2 is 2.05 bits per heavy atom. The molecule has 2 atom stereocenters. The van der Waals surface area contributed by atoms with E-state index in [1.165, 1.54) is 0 Å². The van der Waals surface area contributed by atoms with Crippen LogP contribution in [0.2, 0.25) is 0 Å². The van der Waals surface area contributed by atoms with E-state index in [1.54, 1.807) is 6.07 Å². The molecule has 1 aliphatic rings. The third kappa shape index (κ3) is 3.80. The Bertz CT molecular complexity index is 557. The SMILES string of the molecule is Cc1ccc(C)c(S(=O)(=O)NCC2CCC(Br)C2)c1. The van der Waals surface area contributed by atoms with Crippen molar-refractivity contribution in [1.82, 2.24) is 4.72 Å². The number of nitrogens with one attached hydrogen (secondary N) is 1. The van der Waals surface area contributed by atoms with Crippen LogP contribution in [-0.2, 0) is 10.0 Å². The third-order valence-electron chi connectivity index (χ3n) is 3.67. The molecule has 3 nitrogen and oxygen atoms in total. The highest BCUT2D eigenvalue weighted by atomic mass is 79.9. The fourth-order valence-electron chi connectivity index (χ4n) is 2.50. The molecule has 5 heteroatoms. The van der Waals surface area contributed by atoms with Gasteiger partial charge in [0.15, 0.2) is 0 Å². The molecule has 1 saturated carbocycles. The van der Waals surface area contributed by atoms with Crippen molar-refractivity contribution in [3.05, 3.63) is 29.3 Å². The van der Waals surface area contributed by atoms with E-state index in [2.05, 4.69) is 20.7 Å². The quantitative estimate of drug-likeness (QED) is 0.852. The summed E-state index contributed by atoms with van der Waals surface area (Å²) in [5.41, 5.74) is 1.76. The zero-order chi connectivity index (χ0) is 14.0. The van der Waals surface area contributed by atoms with Gasteiger partial charge in [0.2, 0.25) is 10.0 Å². The lowest BCUT2D eigenvalue weighted by Crippen LogP contribution is -2.29. The highest BCUT2D eigenvalue weighted by Crippen LogP contribution is 2.30. The first-order valence-electron chi connectivity index (χ1n) is 6.59. The van der Waals surface area contributed by atoms with Crippen LogP contribution < -0.4 is 4.72 Å². The molecule has 2 rings (SSSR count). The van der Waals surface area contributed by atoms with Gasteiger partial charge in [0.05, 0.1) is 4.90 Å². The van der Waals surface area contributed by atoms with E-state index in [9.17, 15) is 8.42 Å². The van der Waals surface area contributed by atoms with Gasteiger partial charge in [-0.15, -0.1) is 0 Å². The van der Waals surface area contributed by atoms with Crippen molar-refractivity contribution in [3.8, 4) is 0 Å². The van der Waals surface area contributed by atoms with Gasteiger partial charge in [-0.1, -0.05) is 28.1 Å². The molecule has 0 aliphatic heterocycles. The van der Waals surface area contributed by atoms with Crippen LogP contribution in [0.15, 0.2) is 23.1 Å². The minimum absolute atomic E-state index is 0.404. The number of hydrogen-bond acceptors (Lipinski definition) is 2. The fourth-order valence-corrected chi connectivity index (χ4v) is 4.74. The topological polar surface area (TPSA) is 46.2 Å². The first-order chi connectivity index (χ1) is 8.88. The molecule has 0 aromatic heterocycles. The largest absolute Gasteiger partial charge is 0.240 e. The first kappa shape index (κ1) is 15.0. The van der Waals surface area contributed by atoms with Crippen molar-refractivity contribution < 1.29 is 8.42 Å². The maximum Gasteiger partial charge on any atom is 0.240 e. The Morgan fingerprint density at radius 3 is 2.68 bits per heavy atom. The summed E-state index contributed by atoms with van der Waals surface area (Å²) in [6, 6.07) is 5.52. The summed E-state index contributed by atoms with van der Waals surface area (Å²) in [4.78, 5) is 0.948. The molecule has 2 unspecified atom stereocenters. The number of benzene rings is 1. The molecule has 0 amide bonds. The maximum absolute atomic E-state index is 12.3. The Hall–Kier alpha value is -0.390. The average molecular weight is 346 g/mol. The van der Waals surface area contributed by atoms with E-state index in [-0.39, 0.29) is 0 Å². The lowest BCUT2D eigenvalue weighted by Gasteiger charge is -2.13. The van der Waals surface area contributed by atoms with E-state index in [0.29, 0.717) is 22.2 Å².